The highest BCUT2D eigenvalue weighted by molar-refractivity contribution is 8.03. The van der Waals surface area contributed by atoms with E-state index >= 15 is 0 Å². The molecule has 0 spiro atoms. The van der Waals surface area contributed by atoms with Crippen LogP contribution in [0.5, 0.6) is 0 Å². The summed E-state index contributed by atoms with van der Waals surface area (Å²) in [5.41, 5.74) is 0. The number of Topliss-reactive ketones (excluding diaryl/α,β-unsaturated/α-hetero) is 1. The highest BCUT2D eigenvalue weighted by atomic mass is 32.2. The van der Waals surface area contributed by atoms with Gasteiger partial charge in [-0.1, -0.05) is 11.8 Å². The zero-order valence-corrected chi connectivity index (χ0v) is 5.22. The van der Waals surface area contributed by atoms with Gasteiger partial charge >= 0.3 is 0 Å². The van der Waals surface area contributed by atoms with E-state index in [1.165, 1.54) is 16.7 Å². The van der Waals surface area contributed by atoms with Crippen LogP contribution in [0, 0.1) is 0 Å². The van der Waals surface area contributed by atoms with Crippen LogP contribution in [0.4, 0.5) is 0 Å². The number of rotatable bonds is 0. The fraction of sp³-hybridized carbons (Fsp3) is 0.200. The minimum atomic E-state index is -0.374. The van der Waals surface area contributed by atoms with Crippen molar-refractivity contribution in [2.45, 2.75) is 5.37 Å². The molecule has 46 valence electrons. The molecule has 2 aliphatic heterocycles. The summed E-state index contributed by atoms with van der Waals surface area (Å²) in [7, 11) is 0. The molecule has 2 heterocycles. The molecular weight excluding hydrogens is 138 g/mol. The Balaban J connectivity index is 2.31. The molecule has 2 aliphatic rings. The second-order valence-corrected chi connectivity index (χ2v) is 2.84. The molecule has 0 saturated carbocycles. The van der Waals surface area contributed by atoms with Crippen LogP contribution in [-0.4, -0.2) is 22.0 Å². The minimum Gasteiger partial charge on any atom is -0.291 e. The second kappa shape index (κ2) is 1.39. The predicted molar refractivity (Wildman–Crippen MR) is 32.4 cm³/mol. The Morgan fingerprint density at radius 1 is 1.56 bits per heavy atom. The van der Waals surface area contributed by atoms with Crippen molar-refractivity contribution in [3.05, 3.63) is 11.6 Å². The molecule has 4 heteroatoms. The highest BCUT2D eigenvalue weighted by Crippen LogP contribution is 2.32. The first kappa shape index (κ1) is 5.05. The lowest BCUT2D eigenvalue weighted by Crippen LogP contribution is -2.55. The summed E-state index contributed by atoms with van der Waals surface area (Å²) in [5, 5.41) is 1.55. The van der Waals surface area contributed by atoms with Gasteiger partial charge in [-0.25, -0.2) is 0 Å². The van der Waals surface area contributed by atoms with Crippen LogP contribution in [0.25, 0.3) is 0 Å². The van der Waals surface area contributed by atoms with E-state index in [2.05, 4.69) is 0 Å². The van der Waals surface area contributed by atoms with Gasteiger partial charge in [-0.3, -0.25) is 14.5 Å². The van der Waals surface area contributed by atoms with E-state index in [9.17, 15) is 9.59 Å². The molecule has 0 aliphatic carbocycles. The van der Waals surface area contributed by atoms with Crippen molar-refractivity contribution in [3.8, 4) is 0 Å². The lowest BCUT2D eigenvalue weighted by molar-refractivity contribution is -0.153. The third kappa shape index (κ3) is 0.439. The van der Waals surface area contributed by atoms with E-state index in [-0.39, 0.29) is 17.1 Å². The number of hydrogen-bond acceptors (Lipinski definition) is 3. The zero-order chi connectivity index (χ0) is 6.43. The first-order valence-corrected chi connectivity index (χ1v) is 3.43. The highest BCUT2D eigenvalue weighted by Gasteiger charge is 2.47. The summed E-state index contributed by atoms with van der Waals surface area (Å²) < 4.78 is 0. The molecule has 0 unspecified atom stereocenters. The quantitative estimate of drug-likeness (QED) is 0.350. The number of amides is 1. The van der Waals surface area contributed by atoms with Crippen LogP contribution in [0.3, 0.4) is 0 Å². The molecule has 1 atom stereocenters. The Morgan fingerprint density at radius 2 is 2.33 bits per heavy atom. The van der Waals surface area contributed by atoms with Crippen molar-refractivity contribution >= 4 is 23.5 Å². The summed E-state index contributed by atoms with van der Waals surface area (Å²) in [6.45, 7) is 0. The summed E-state index contributed by atoms with van der Waals surface area (Å²) in [6, 6.07) is 0. The van der Waals surface area contributed by atoms with E-state index < -0.39 is 0 Å². The van der Waals surface area contributed by atoms with Crippen LogP contribution in [0.2, 0.25) is 0 Å². The lowest BCUT2D eigenvalue weighted by Gasteiger charge is -2.29. The van der Waals surface area contributed by atoms with Crippen molar-refractivity contribution in [2.75, 3.05) is 0 Å². The maximum absolute atomic E-state index is 10.6. The minimum absolute atomic E-state index is 0.211. The average Bonchev–Trinajstić information content (AvgIpc) is 2.30. The van der Waals surface area contributed by atoms with Gasteiger partial charge in [-0.05, 0) is 5.41 Å². The van der Waals surface area contributed by atoms with Gasteiger partial charge in [0, 0.05) is 6.20 Å². The molecular formula is C5H3NO2S. The summed E-state index contributed by atoms with van der Waals surface area (Å²) >= 11 is 1.38. The van der Waals surface area contributed by atoms with Crippen molar-refractivity contribution < 1.29 is 9.59 Å². The smallest absolute Gasteiger partial charge is 0.291 e. The first-order valence-electron chi connectivity index (χ1n) is 2.49. The van der Waals surface area contributed by atoms with Crippen LogP contribution >= 0.6 is 11.8 Å². The average molecular weight is 141 g/mol. The standard InChI is InChI=1S/C5H3NO2S/c7-3-4(8)6-1-2-9-5(3)6/h1-2,5H/t5-/m1/s1. The number of carbonyl (C=O) groups is 2. The summed E-state index contributed by atoms with van der Waals surface area (Å²) in [4.78, 5) is 22.6. The van der Waals surface area contributed by atoms with Crippen molar-refractivity contribution in [1.82, 2.24) is 4.90 Å². The van der Waals surface area contributed by atoms with Crippen LogP contribution in [0.1, 0.15) is 0 Å². The topological polar surface area (TPSA) is 37.4 Å². The Bertz CT molecular complexity index is 223. The van der Waals surface area contributed by atoms with Crippen LogP contribution in [-0.2, 0) is 9.59 Å². The van der Waals surface area contributed by atoms with Crippen LogP contribution < -0.4 is 0 Å². The summed E-state index contributed by atoms with van der Waals surface area (Å²) in [5.74, 6) is -0.647. The number of thioether (sulfide) groups is 1. The predicted octanol–water partition coefficient (Wildman–Crippen LogP) is -0.0582. The van der Waals surface area contributed by atoms with E-state index in [0.717, 1.165) is 0 Å². The largest absolute Gasteiger partial charge is 0.298 e. The molecule has 2 rings (SSSR count). The maximum atomic E-state index is 10.6. The Hall–Kier alpha value is -0.770. The molecule has 9 heavy (non-hydrogen) atoms. The molecule has 0 bridgehead atoms. The van der Waals surface area contributed by atoms with Gasteiger partial charge < -0.3 is 0 Å². The third-order valence-electron chi connectivity index (χ3n) is 1.35. The molecule has 1 saturated heterocycles. The molecule has 0 aromatic rings. The zero-order valence-electron chi connectivity index (χ0n) is 4.40. The van der Waals surface area contributed by atoms with Gasteiger partial charge in [-0.15, -0.1) is 0 Å². The number of carbonyl (C=O) groups excluding carboxylic acids is 2. The molecule has 0 aromatic carbocycles. The third-order valence-corrected chi connectivity index (χ3v) is 2.33. The number of hydrogen-bond donors (Lipinski definition) is 0. The van der Waals surface area contributed by atoms with Crippen molar-refractivity contribution in [1.29, 1.82) is 0 Å². The fourth-order valence-corrected chi connectivity index (χ4v) is 1.72. The second-order valence-electron chi connectivity index (χ2n) is 1.85. The normalized spacial score (nSPS) is 30.7. The number of nitrogens with zero attached hydrogens (tertiary/aromatic N) is 1. The van der Waals surface area contributed by atoms with Gasteiger partial charge in [0.1, 0.15) is 0 Å². The fourth-order valence-electron chi connectivity index (χ4n) is 0.848. The van der Waals surface area contributed by atoms with Crippen molar-refractivity contribution in [2.24, 2.45) is 0 Å². The molecule has 1 amide bonds. The van der Waals surface area contributed by atoms with Crippen molar-refractivity contribution in [3.63, 3.8) is 0 Å². The lowest BCUT2D eigenvalue weighted by atomic mass is 10.2. The Kier molecular flexibility index (Phi) is 0.778. The molecule has 0 aromatic heterocycles. The van der Waals surface area contributed by atoms with Gasteiger partial charge in [-0.2, -0.15) is 0 Å². The van der Waals surface area contributed by atoms with E-state index in [1.54, 1.807) is 11.6 Å². The molecule has 0 N–H and O–H groups in total. The van der Waals surface area contributed by atoms with Gasteiger partial charge in [0.2, 0.25) is 0 Å². The Labute approximate surface area is 55.7 Å². The Morgan fingerprint density at radius 3 is 3.00 bits per heavy atom. The number of fused-ring (bicyclic) bond motifs is 1. The van der Waals surface area contributed by atoms with Gasteiger partial charge in [0.05, 0.1) is 0 Å². The van der Waals surface area contributed by atoms with Gasteiger partial charge in [0.15, 0.2) is 5.37 Å². The molecule has 1 fully saturated rings. The molecule has 0 radical (unpaired) electrons. The molecule has 3 nitrogen and oxygen atoms in total. The number of β-lactam (4-membered cyclic amide) rings is 1. The van der Waals surface area contributed by atoms with E-state index in [1.807, 2.05) is 0 Å². The monoisotopic (exact) mass is 141 g/mol. The van der Waals surface area contributed by atoms with E-state index in [4.69, 9.17) is 0 Å². The van der Waals surface area contributed by atoms with E-state index in [0.29, 0.717) is 0 Å². The summed E-state index contributed by atoms with van der Waals surface area (Å²) in [6.07, 6.45) is 1.64. The van der Waals surface area contributed by atoms with Crippen LogP contribution in [0.15, 0.2) is 11.6 Å². The first-order chi connectivity index (χ1) is 4.30. The van der Waals surface area contributed by atoms with Gasteiger partial charge in [0.25, 0.3) is 11.7 Å². The number of ketones is 1. The maximum Gasteiger partial charge on any atom is 0.298 e. The SMILES string of the molecule is O=C1C(=O)N2C=CS[C@H]12.